The minimum Gasteiger partial charge on any atom is -0.393 e. The first-order valence-electron chi connectivity index (χ1n) is 21.3. The Morgan fingerprint density at radius 1 is 0.694 bits per heavy atom. The molecule has 0 heterocycles. The Bertz CT molecular complexity index is 1070. The molecule has 1 aromatic rings. The molecule has 4 fully saturated rings. The van der Waals surface area contributed by atoms with E-state index in [1.807, 2.05) is 0 Å². The fourth-order valence-corrected chi connectivity index (χ4v) is 11.9. The molecule has 0 saturated heterocycles. The number of nitrogens with one attached hydrogen (secondary N) is 4. The van der Waals surface area contributed by atoms with Gasteiger partial charge in [0.25, 0.3) is 0 Å². The van der Waals surface area contributed by atoms with E-state index in [0.717, 1.165) is 81.8 Å². The van der Waals surface area contributed by atoms with Crippen molar-refractivity contribution in [3.8, 4) is 0 Å². The maximum absolute atomic E-state index is 11.8. The van der Waals surface area contributed by atoms with E-state index in [9.17, 15) is 5.11 Å². The Balaban J connectivity index is 0.921. The smallest absolute Gasteiger partial charge is 0.0577 e. The molecule has 0 radical (unpaired) electrons. The molecule has 5 nitrogen and oxygen atoms in total. The van der Waals surface area contributed by atoms with Gasteiger partial charge >= 0.3 is 0 Å². The van der Waals surface area contributed by atoms with Crippen LogP contribution in [0.4, 0.5) is 0 Å². The molecule has 280 valence electrons. The van der Waals surface area contributed by atoms with Crippen molar-refractivity contribution >= 4 is 0 Å². The van der Waals surface area contributed by atoms with Crippen LogP contribution in [0.1, 0.15) is 136 Å². The van der Waals surface area contributed by atoms with E-state index in [1.165, 1.54) is 95.5 Å². The molecule has 4 aliphatic rings. The molecule has 49 heavy (non-hydrogen) atoms. The van der Waals surface area contributed by atoms with E-state index in [-0.39, 0.29) is 6.10 Å². The van der Waals surface area contributed by atoms with Gasteiger partial charge in [-0.3, -0.25) is 0 Å². The highest BCUT2D eigenvalue weighted by atomic mass is 16.3. The Kier molecular flexibility index (Phi) is 15.4. The zero-order valence-corrected chi connectivity index (χ0v) is 32.6. The SMILES string of the molecule is CC(C)CCC[C@H](C)C1CCC2C3C(CC[C@@]21C)[C@@]1(C)CC[C@H](NCCCNCCCCNCCCNCc2ccccc2)CC1C[C@@H]3O. The molecule has 0 amide bonds. The van der Waals surface area contributed by atoms with Gasteiger partial charge in [-0.1, -0.05) is 84.2 Å². The zero-order valence-electron chi connectivity index (χ0n) is 32.6. The predicted octanol–water partition coefficient (Wildman–Crippen LogP) is 8.57. The predicted molar refractivity (Wildman–Crippen MR) is 209 cm³/mol. The highest BCUT2D eigenvalue weighted by molar-refractivity contribution is 5.14. The first kappa shape index (κ1) is 39.2. The van der Waals surface area contributed by atoms with E-state index >= 15 is 0 Å². The van der Waals surface area contributed by atoms with Gasteiger partial charge in [0.1, 0.15) is 0 Å². The van der Waals surface area contributed by atoms with Crippen molar-refractivity contribution < 1.29 is 5.11 Å². The van der Waals surface area contributed by atoms with E-state index in [1.54, 1.807) is 0 Å². The lowest BCUT2D eigenvalue weighted by molar-refractivity contribution is -0.167. The zero-order chi connectivity index (χ0) is 34.7. The number of hydrogen-bond donors (Lipinski definition) is 5. The monoisotopic (exact) mass is 679 g/mol. The van der Waals surface area contributed by atoms with Gasteiger partial charge in [0.05, 0.1) is 6.10 Å². The highest BCUT2D eigenvalue weighted by Gasteiger charge is 2.62. The van der Waals surface area contributed by atoms with E-state index in [2.05, 4.69) is 86.2 Å². The molecule has 5 rings (SSSR count). The van der Waals surface area contributed by atoms with Gasteiger partial charge in [-0.2, -0.15) is 0 Å². The van der Waals surface area contributed by atoms with Crippen LogP contribution < -0.4 is 21.3 Å². The summed E-state index contributed by atoms with van der Waals surface area (Å²) in [6, 6.07) is 11.3. The van der Waals surface area contributed by atoms with Crippen molar-refractivity contribution in [2.75, 3.05) is 39.3 Å². The van der Waals surface area contributed by atoms with Crippen molar-refractivity contribution in [2.45, 2.75) is 150 Å². The minimum absolute atomic E-state index is 0.0808. The Labute approximate surface area is 302 Å². The van der Waals surface area contributed by atoms with Crippen LogP contribution >= 0.6 is 0 Å². The largest absolute Gasteiger partial charge is 0.393 e. The molecule has 4 aliphatic carbocycles. The summed E-state index contributed by atoms with van der Waals surface area (Å²) in [5.74, 6) is 5.23. The Morgan fingerprint density at radius 3 is 2.08 bits per heavy atom. The summed E-state index contributed by atoms with van der Waals surface area (Å²) in [7, 11) is 0. The van der Waals surface area contributed by atoms with Crippen LogP contribution in [0.3, 0.4) is 0 Å². The lowest BCUT2D eigenvalue weighted by atomic mass is 9.43. The van der Waals surface area contributed by atoms with Crippen LogP contribution in [-0.2, 0) is 6.54 Å². The van der Waals surface area contributed by atoms with Crippen molar-refractivity contribution in [1.29, 1.82) is 0 Å². The minimum atomic E-state index is -0.0808. The molecule has 0 aromatic heterocycles. The maximum atomic E-state index is 11.8. The lowest BCUT2D eigenvalue weighted by Crippen LogP contribution is -2.59. The van der Waals surface area contributed by atoms with E-state index in [4.69, 9.17) is 0 Å². The molecule has 10 atom stereocenters. The van der Waals surface area contributed by atoms with Gasteiger partial charge < -0.3 is 26.4 Å². The second-order valence-electron chi connectivity index (χ2n) is 18.3. The van der Waals surface area contributed by atoms with Crippen molar-refractivity contribution in [1.82, 2.24) is 21.3 Å². The third kappa shape index (κ3) is 10.3. The summed E-state index contributed by atoms with van der Waals surface area (Å²) in [5, 5.41) is 26.6. The fourth-order valence-electron chi connectivity index (χ4n) is 11.9. The fraction of sp³-hybridized carbons (Fsp3) is 0.864. The molecule has 5 N–H and O–H groups in total. The summed E-state index contributed by atoms with van der Waals surface area (Å²) in [6.07, 6.45) is 19.5. The average Bonchev–Trinajstić information content (AvgIpc) is 3.44. The molecule has 4 saturated carbocycles. The standard InChI is InChI=1S/C44H78N4O/c1-33(2)14-11-15-34(3)38-18-19-39-42-40(21-23-44(38,39)5)43(4)22-20-37(30-36(43)31-41(42)49)48-29-13-27-46-25-10-9-24-45-26-12-28-47-32-35-16-7-6-8-17-35/h6-8,16-17,33-34,36-42,45-49H,9-15,18-32H2,1-5H3/t34-,36?,37-,38?,39?,40?,41-,42?,43-,44+/m0/s1. The first-order valence-corrected chi connectivity index (χ1v) is 21.3. The molecule has 0 spiro atoms. The van der Waals surface area contributed by atoms with Crippen molar-refractivity contribution in [3.05, 3.63) is 35.9 Å². The Morgan fingerprint density at radius 2 is 1.35 bits per heavy atom. The number of benzene rings is 1. The van der Waals surface area contributed by atoms with Crippen molar-refractivity contribution in [2.24, 2.45) is 52.3 Å². The highest BCUT2D eigenvalue weighted by Crippen LogP contribution is 2.68. The number of unbranched alkanes of at least 4 members (excludes halogenated alkanes) is 1. The van der Waals surface area contributed by atoms with Crippen LogP contribution in [0.5, 0.6) is 0 Å². The van der Waals surface area contributed by atoms with Gasteiger partial charge in [-0.25, -0.2) is 0 Å². The number of hydrogen-bond acceptors (Lipinski definition) is 5. The molecule has 0 bridgehead atoms. The van der Waals surface area contributed by atoms with Crippen LogP contribution in [-0.4, -0.2) is 56.5 Å². The molecular weight excluding hydrogens is 601 g/mol. The molecule has 5 heteroatoms. The summed E-state index contributed by atoms with van der Waals surface area (Å²) < 4.78 is 0. The summed E-state index contributed by atoms with van der Waals surface area (Å²) in [5.41, 5.74) is 2.24. The topological polar surface area (TPSA) is 68.3 Å². The van der Waals surface area contributed by atoms with E-state index < -0.39 is 0 Å². The summed E-state index contributed by atoms with van der Waals surface area (Å²) in [6.45, 7) is 20.2. The van der Waals surface area contributed by atoms with Gasteiger partial charge in [0.2, 0.25) is 0 Å². The first-order chi connectivity index (χ1) is 23.7. The third-order valence-corrected chi connectivity index (χ3v) is 14.7. The molecule has 0 aliphatic heterocycles. The third-order valence-electron chi connectivity index (χ3n) is 14.7. The second-order valence-corrected chi connectivity index (χ2v) is 18.3. The summed E-state index contributed by atoms with van der Waals surface area (Å²) >= 11 is 0. The van der Waals surface area contributed by atoms with Crippen LogP contribution in [0.2, 0.25) is 0 Å². The molecule has 1 aromatic carbocycles. The van der Waals surface area contributed by atoms with Crippen molar-refractivity contribution in [3.63, 3.8) is 0 Å². The number of fused-ring (bicyclic) bond motifs is 5. The molecule has 5 unspecified atom stereocenters. The average molecular weight is 679 g/mol. The quantitative estimate of drug-likeness (QED) is 0.0844. The van der Waals surface area contributed by atoms with Crippen LogP contribution in [0.25, 0.3) is 0 Å². The normalized spacial score (nSPS) is 34.8. The van der Waals surface area contributed by atoms with Crippen LogP contribution in [0.15, 0.2) is 30.3 Å². The number of rotatable bonds is 21. The lowest BCUT2D eigenvalue weighted by Gasteiger charge is -2.62. The maximum Gasteiger partial charge on any atom is 0.0577 e. The van der Waals surface area contributed by atoms with Crippen LogP contribution in [0, 0.1) is 52.3 Å². The van der Waals surface area contributed by atoms with Gasteiger partial charge in [-0.15, -0.1) is 0 Å². The van der Waals surface area contributed by atoms with E-state index in [0.29, 0.717) is 28.7 Å². The van der Waals surface area contributed by atoms with Gasteiger partial charge in [0.15, 0.2) is 0 Å². The summed E-state index contributed by atoms with van der Waals surface area (Å²) in [4.78, 5) is 0. The van der Waals surface area contributed by atoms with Gasteiger partial charge in [-0.05, 0) is 174 Å². The second kappa shape index (κ2) is 19.2. The number of aliphatic hydroxyl groups excluding tert-OH is 1. The molecular formula is C44H78N4O. The van der Waals surface area contributed by atoms with Gasteiger partial charge in [0, 0.05) is 12.6 Å². The number of aliphatic hydroxyl groups is 1. The Hall–Kier alpha value is -0.980.